The molecular weight excluding hydrogens is 665 g/mol. The van der Waals surface area contributed by atoms with Gasteiger partial charge in [0, 0.05) is 86.7 Å². The predicted molar refractivity (Wildman–Crippen MR) is 208 cm³/mol. The Labute approximate surface area is 311 Å². The van der Waals surface area contributed by atoms with Crippen LogP contribution in [-0.2, 0) is 11.3 Å². The fourth-order valence-electron chi connectivity index (χ4n) is 10.2. The van der Waals surface area contributed by atoms with E-state index in [4.69, 9.17) is 4.98 Å². The van der Waals surface area contributed by atoms with Crippen molar-refractivity contribution in [2.45, 2.75) is 78.8 Å². The molecule has 0 radical (unpaired) electrons. The van der Waals surface area contributed by atoms with Crippen LogP contribution in [0.2, 0.25) is 0 Å². The quantitative estimate of drug-likeness (QED) is 0.184. The predicted octanol–water partition coefficient (Wildman–Crippen LogP) is 5.61. The number of nitrogens with one attached hydrogen (secondary N) is 3. The highest BCUT2D eigenvalue weighted by Gasteiger charge is 2.48. The second-order valence-corrected chi connectivity index (χ2v) is 16.6. The number of nitrogens with zero attached hydrogens (tertiary/aromatic N) is 5. The summed E-state index contributed by atoms with van der Waals surface area (Å²) in [7, 11) is 0. The Bertz CT molecular complexity index is 2010. The Balaban J connectivity index is 0.875. The number of fused-ring (bicyclic) bond motifs is 1. The number of pyridine rings is 2. The molecule has 4 aromatic rings. The lowest BCUT2D eigenvalue weighted by molar-refractivity contribution is -0.126. The maximum absolute atomic E-state index is 13.7. The molecule has 2 amide bonds. The van der Waals surface area contributed by atoms with Crippen LogP contribution in [0.4, 0.5) is 5.82 Å². The molecule has 4 aliphatic carbocycles. The number of H-pyrrole nitrogens is 1. The molecule has 0 atom stereocenters. The maximum Gasteiger partial charge on any atom is 0.253 e. The average Bonchev–Trinajstić information content (AvgIpc) is 3.57. The van der Waals surface area contributed by atoms with E-state index in [1.807, 2.05) is 36.9 Å². The summed E-state index contributed by atoms with van der Waals surface area (Å²) < 4.78 is 1.93. The summed E-state index contributed by atoms with van der Waals surface area (Å²) >= 11 is 0. The van der Waals surface area contributed by atoms with E-state index in [1.54, 1.807) is 6.20 Å². The minimum absolute atomic E-state index is 0.106. The Morgan fingerprint density at radius 2 is 1.64 bits per heavy atom. The number of aromatic amines is 1. The molecule has 9 rings (SSSR count). The van der Waals surface area contributed by atoms with Gasteiger partial charge in [-0.25, -0.2) is 4.98 Å². The van der Waals surface area contributed by atoms with E-state index in [-0.39, 0.29) is 30.0 Å². The number of aryl methyl sites for hydroxylation is 2. The van der Waals surface area contributed by atoms with E-state index in [9.17, 15) is 14.4 Å². The van der Waals surface area contributed by atoms with Crippen LogP contribution in [0.3, 0.4) is 0 Å². The van der Waals surface area contributed by atoms with E-state index < -0.39 is 0 Å². The smallest absolute Gasteiger partial charge is 0.253 e. The number of hydrogen-bond donors (Lipinski definition) is 3. The van der Waals surface area contributed by atoms with Gasteiger partial charge < -0.3 is 20.5 Å². The first-order chi connectivity index (χ1) is 25.6. The molecule has 5 fully saturated rings. The summed E-state index contributed by atoms with van der Waals surface area (Å²) in [5, 5.41) is 11.6. The Morgan fingerprint density at radius 3 is 2.30 bits per heavy atom. The molecule has 53 heavy (non-hydrogen) atoms. The van der Waals surface area contributed by atoms with Crippen molar-refractivity contribution >= 4 is 28.5 Å². The highest BCUT2D eigenvalue weighted by molar-refractivity contribution is 6.08. The number of amides is 2. The Morgan fingerprint density at radius 1 is 0.906 bits per heavy atom. The van der Waals surface area contributed by atoms with Crippen molar-refractivity contribution in [2.75, 3.05) is 44.2 Å². The van der Waals surface area contributed by atoms with Crippen LogP contribution in [0.25, 0.3) is 22.0 Å². The monoisotopic (exact) mass is 718 g/mol. The normalized spacial score (nSPS) is 23.9. The fraction of sp³-hybridized carbons (Fsp3) is 0.548. The molecule has 3 N–H and O–H groups in total. The molecular formula is C42H54N8O3. The van der Waals surface area contributed by atoms with Crippen LogP contribution in [-0.4, -0.2) is 75.7 Å². The molecule has 4 heterocycles. The molecule has 1 saturated heterocycles. The van der Waals surface area contributed by atoms with Crippen LogP contribution < -0.4 is 21.1 Å². The first-order valence-electron chi connectivity index (χ1n) is 19.8. The van der Waals surface area contributed by atoms with E-state index in [2.05, 4.69) is 62.6 Å². The Kier molecular flexibility index (Phi) is 9.87. The van der Waals surface area contributed by atoms with Gasteiger partial charge in [0.15, 0.2) is 0 Å². The van der Waals surface area contributed by atoms with Crippen LogP contribution in [0.5, 0.6) is 0 Å². The van der Waals surface area contributed by atoms with Gasteiger partial charge >= 0.3 is 0 Å². The molecule has 3 aromatic heterocycles. The summed E-state index contributed by atoms with van der Waals surface area (Å²) in [5.41, 5.74) is 5.16. The van der Waals surface area contributed by atoms with Crippen molar-refractivity contribution < 1.29 is 9.59 Å². The van der Waals surface area contributed by atoms with Crippen molar-refractivity contribution in [2.24, 2.45) is 29.6 Å². The minimum atomic E-state index is -0.260. The third-order valence-electron chi connectivity index (χ3n) is 12.7. The molecule has 11 nitrogen and oxygen atoms in total. The molecule has 0 unspecified atom stereocenters. The minimum Gasteiger partial charge on any atom is -0.355 e. The van der Waals surface area contributed by atoms with Crippen molar-refractivity contribution in [1.29, 1.82) is 0 Å². The molecule has 5 aliphatic rings. The number of aromatic nitrogens is 4. The zero-order valence-corrected chi connectivity index (χ0v) is 31.7. The number of rotatable bonds is 11. The summed E-state index contributed by atoms with van der Waals surface area (Å²) in [5.74, 6) is 5.02. The third kappa shape index (κ3) is 7.37. The SMILES string of the molecule is Cc1cc(C)c(CNC(=O)c2cc(-c3ccc(N4CCN(CCNC(=O)CC5[C@H]6C[C@@H]7C[C@@H](C[C@H]5C7)C6)CC4)nc3)cc3c2cnn3C(C)C)c(=O)[nH]1. The molecule has 280 valence electrons. The van der Waals surface area contributed by atoms with Gasteiger partial charge in [-0.2, -0.15) is 5.10 Å². The maximum atomic E-state index is 13.7. The lowest BCUT2D eigenvalue weighted by atomic mass is 9.51. The largest absolute Gasteiger partial charge is 0.355 e. The van der Waals surface area contributed by atoms with Gasteiger partial charge in [-0.3, -0.25) is 24.0 Å². The van der Waals surface area contributed by atoms with Gasteiger partial charge in [-0.15, -0.1) is 0 Å². The molecule has 1 aliphatic heterocycles. The standard InChI is InChI=1S/C42H54N8O3/c1-25(2)50-38-20-31(19-35(37(38)24-46-50)41(52)45-23-36-26(3)13-27(4)47-42(36)53)30-5-6-39(44-22-30)49-11-9-48(10-12-49)8-7-43-40(51)21-34-32-15-28-14-29(17-32)18-33(34)16-28/h5-6,13,19-20,22,24-25,28-29,32-34H,7-12,14-18,21,23H2,1-4H3,(H,43,51)(H,45,52)(H,47,53)/t28-,29+,32-,33+,34?. The second-order valence-electron chi connectivity index (χ2n) is 16.6. The highest BCUT2D eigenvalue weighted by atomic mass is 16.2. The van der Waals surface area contributed by atoms with E-state index in [1.165, 1.54) is 32.1 Å². The van der Waals surface area contributed by atoms with Crippen molar-refractivity contribution in [3.63, 3.8) is 0 Å². The number of hydrogen-bond acceptors (Lipinski definition) is 7. The van der Waals surface area contributed by atoms with E-state index in [0.717, 1.165) is 102 Å². The van der Waals surface area contributed by atoms with Crippen molar-refractivity contribution in [3.05, 3.63) is 75.5 Å². The summed E-state index contributed by atoms with van der Waals surface area (Å²) in [4.78, 5) is 51.7. The lowest BCUT2D eigenvalue weighted by Crippen LogP contribution is -2.49. The van der Waals surface area contributed by atoms with E-state index in [0.29, 0.717) is 23.6 Å². The van der Waals surface area contributed by atoms with Gasteiger partial charge in [-0.1, -0.05) is 0 Å². The van der Waals surface area contributed by atoms with E-state index >= 15 is 0 Å². The highest BCUT2D eigenvalue weighted by Crippen LogP contribution is 2.57. The number of carbonyl (C=O) groups excluding carboxylic acids is 2. The van der Waals surface area contributed by atoms with Crippen molar-refractivity contribution in [3.8, 4) is 11.1 Å². The Hall–Kier alpha value is -4.51. The lowest BCUT2D eigenvalue weighted by Gasteiger charge is -2.54. The molecule has 1 aromatic carbocycles. The van der Waals surface area contributed by atoms with Gasteiger partial charge in [-0.05, 0) is 131 Å². The van der Waals surface area contributed by atoms with Crippen molar-refractivity contribution in [1.82, 2.24) is 35.3 Å². The zero-order valence-electron chi connectivity index (χ0n) is 31.7. The summed E-state index contributed by atoms with van der Waals surface area (Å²) in [6.45, 7) is 13.2. The molecule has 4 bridgehead atoms. The number of benzene rings is 1. The molecule has 11 heteroatoms. The van der Waals surface area contributed by atoms with Gasteiger partial charge in [0.1, 0.15) is 5.82 Å². The number of carbonyl (C=O) groups is 2. The van der Waals surface area contributed by atoms with Crippen LogP contribution in [0.1, 0.15) is 85.6 Å². The fourth-order valence-corrected chi connectivity index (χ4v) is 10.2. The zero-order chi connectivity index (χ0) is 36.8. The summed E-state index contributed by atoms with van der Waals surface area (Å²) in [6, 6.07) is 10.1. The number of anilines is 1. The van der Waals surface area contributed by atoms with Gasteiger partial charge in [0.25, 0.3) is 11.5 Å². The van der Waals surface area contributed by atoms with Gasteiger partial charge in [0.2, 0.25) is 5.91 Å². The second kappa shape index (κ2) is 14.7. The first kappa shape index (κ1) is 35.5. The average molecular weight is 719 g/mol. The van der Waals surface area contributed by atoms with Crippen LogP contribution in [0.15, 0.2) is 47.5 Å². The van der Waals surface area contributed by atoms with Gasteiger partial charge in [0.05, 0.1) is 17.3 Å². The van der Waals surface area contributed by atoms with Crippen LogP contribution in [0, 0.1) is 43.4 Å². The topological polar surface area (TPSA) is 128 Å². The first-order valence-corrected chi connectivity index (χ1v) is 19.8. The third-order valence-corrected chi connectivity index (χ3v) is 12.7. The van der Waals surface area contributed by atoms with Crippen LogP contribution >= 0.6 is 0 Å². The molecule has 4 saturated carbocycles. The number of piperazine rings is 1. The summed E-state index contributed by atoms with van der Waals surface area (Å²) in [6.07, 6.45) is 11.3. The molecule has 0 spiro atoms.